The normalized spacial score (nSPS) is 18.1. The van der Waals surface area contributed by atoms with Crippen molar-refractivity contribution in [2.75, 3.05) is 18.0 Å². The summed E-state index contributed by atoms with van der Waals surface area (Å²) < 4.78 is 1.91. The second-order valence-electron chi connectivity index (χ2n) is 8.03. The average molecular weight is 390 g/mol. The second kappa shape index (κ2) is 7.55. The highest BCUT2D eigenvalue weighted by Crippen LogP contribution is 2.35. The third-order valence-corrected chi connectivity index (χ3v) is 6.21. The molecule has 1 aliphatic heterocycles. The van der Waals surface area contributed by atoms with Crippen molar-refractivity contribution in [3.8, 4) is 11.5 Å². The Morgan fingerprint density at radius 3 is 2.66 bits per heavy atom. The summed E-state index contributed by atoms with van der Waals surface area (Å²) in [5.41, 5.74) is 3.29. The number of aliphatic hydroxyl groups is 1. The third kappa shape index (κ3) is 3.40. The summed E-state index contributed by atoms with van der Waals surface area (Å²) in [6.45, 7) is 1.77. The van der Waals surface area contributed by atoms with Crippen LogP contribution < -0.4 is 4.90 Å². The van der Waals surface area contributed by atoms with E-state index in [0.29, 0.717) is 0 Å². The first kappa shape index (κ1) is 18.2. The molecule has 4 heterocycles. The summed E-state index contributed by atoms with van der Waals surface area (Å²) >= 11 is 0. The van der Waals surface area contributed by atoms with Crippen molar-refractivity contribution in [1.82, 2.24) is 24.5 Å². The SMILES string of the molecule is Cn1ccnc1C(O)C1CCN(c2nc(-c3ccccn3)nc3c2CCC3)CC1. The van der Waals surface area contributed by atoms with Gasteiger partial charge in [-0.05, 0) is 50.2 Å². The highest BCUT2D eigenvalue weighted by molar-refractivity contribution is 5.59. The molecule has 0 saturated carbocycles. The van der Waals surface area contributed by atoms with Gasteiger partial charge in [-0.3, -0.25) is 4.98 Å². The van der Waals surface area contributed by atoms with Gasteiger partial charge in [0.2, 0.25) is 0 Å². The molecular formula is C22H26N6O. The van der Waals surface area contributed by atoms with E-state index in [1.807, 2.05) is 36.0 Å². The lowest BCUT2D eigenvalue weighted by atomic mass is 9.90. The molecule has 0 radical (unpaired) electrons. The Bertz CT molecular complexity index is 994. The Labute approximate surface area is 170 Å². The van der Waals surface area contributed by atoms with E-state index >= 15 is 0 Å². The predicted molar refractivity (Wildman–Crippen MR) is 110 cm³/mol. The fourth-order valence-electron chi connectivity index (χ4n) is 4.58. The van der Waals surface area contributed by atoms with Crippen molar-refractivity contribution in [2.45, 2.75) is 38.2 Å². The van der Waals surface area contributed by atoms with E-state index in [-0.39, 0.29) is 5.92 Å². The van der Waals surface area contributed by atoms with Crippen LogP contribution >= 0.6 is 0 Å². The standard InChI is InChI=1S/C22H26N6O/c1-27-14-11-24-22(27)19(29)15-8-12-28(13-9-15)21-16-5-4-7-17(16)25-20(26-21)18-6-2-3-10-23-18/h2-3,6,10-11,14-15,19,29H,4-5,7-9,12-13H2,1H3. The summed E-state index contributed by atoms with van der Waals surface area (Å²) in [7, 11) is 1.93. The van der Waals surface area contributed by atoms with E-state index in [9.17, 15) is 5.11 Å². The highest BCUT2D eigenvalue weighted by atomic mass is 16.3. The van der Waals surface area contributed by atoms with Crippen LogP contribution in [0.2, 0.25) is 0 Å². The van der Waals surface area contributed by atoms with E-state index in [0.717, 1.165) is 68.4 Å². The van der Waals surface area contributed by atoms with Gasteiger partial charge in [0.05, 0.1) is 0 Å². The van der Waals surface area contributed by atoms with E-state index < -0.39 is 6.10 Å². The number of imidazole rings is 1. The van der Waals surface area contributed by atoms with E-state index in [1.54, 1.807) is 12.4 Å². The van der Waals surface area contributed by atoms with Crippen molar-refractivity contribution in [3.05, 3.63) is 53.9 Å². The number of aryl methyl sites for hydroxylation is 2. The number of anilines is 1. The van der Waals surface area contributed by atoms with Gasteiger partial charge in [0.1, 0.15) is 23.4 Å². The van der Waals surface area contributed by atoms with Crippen molar-refractivity contribution < 1.29 is 5.11 Å². The summed E-state index contributed by atoms with van der Waals surface area (Å²) in [5.74, 6) is 2.76. The molecule has 5 rings (SSSR count). The van der Waals surface area contributed by atoms with Gasteiger partial charge >= 0.3 is 0 Å². The number of aliphatic hydroxyl groups excluding tert-OH is 1. The molecule has 0 amide bonds. The van der Waals surface area contributed by atoms with Gasteiger partial charge in [-0.15, -0.1) is 0 Å². The van der Waals surface area contributed by atoms with Gasteiger partial charge < -0.3 is 14.6 Å². The van der Waals surface area contributed by atoms with Crippen LogP contribution in [0.4, 0.5) is 5.82 Å². The van der Waals surface area contributed by atoms with Crippen LogP contribution in [0, 0.1) is 5.92 Å². The predicted octanol–water partition coefficient (Wildman–Crippen LogP) is 2.71. The summed E-state index contributed by atoms with van der Waals surface area (Å²) in [6.07, 6.45) is 9.94. The molecule has 0 bridgehead atoms. The number of rotatable bonds is 4. The van der Waals surface area contributed by atoms with Crippen LogP contribution in [-0.2, 0) is 19.9 Å². The first-order valence-electron chi connectivity index (χ1n) is 10.4. The van der Waals surface area contributed by atoms with E-state index in [1.165, 1.54) is 11.3 Å². The number of fused-ring (bicyclic) bond motifs is 1. The molecule has 1 atom stereocenters. The lowest BCUT2D eigenvalue weighted by Crippen LogP contribution is -2.37. The number of piperidine rings is 1. The van der Waals surface area contributed by atoms with Gasteiger partial charge in [0.25, 0.3) is 0 Å². The second-order valence-corrected chi connectivity index (χ2v) is 8.03. The van der Waals surface area contributed by atoms with Gasteiger partial charge in [-0.2, -0.15) is 0 Å². The largest absolute Gasteiger partial charge is 0.385 e. The minimum atomic E-state index is -0.516. The molecule has 7 nitrogen and oxygen atoms in total. The number of aromatic nitrogens is 5. The number of hydrogen-bond acceptors (Lipinski definition) is 6. The van der Waals surface area contributed by atoms with Crippen LogP contribution in [0.15, 0.2) is 36.8 Å². The molecule has 1 saturated heterocycles. The number of nitrogens with zero attached hydrogens (tertiary/aromatic N) is 6. The van der Waals surface area contributed by atoms with Crippen LogP contribution in [0.25, 0.3) is 11.5 Å². The molecule has 1 unspecified atom stereocenters. The summed E-state index contributed by atoms with van der Waals surface area (Å²) in [4.78, 5) is 20.9. The first-order chi connectivity index (χ1) is 14.2. The first-order valence-corrected chi connectivity index (χ1v) is 10.4. The number of pyridine rings is 1. The van der Waals surface area contributed by atoms with Gasteiger partial charge in [0, 0.05) is 50.0 Å². The van der Waals surface area contributed by atoms with E-state index in [4.69, 9.17) is 9.97 Å². The zero-order chi connectivity index (χ0) is 19.8. The van der Waals surface area contributed by atoms with Gasteiger partial charge in [-0.1, -0.05) is 6.07 Å². The van der Waals surface area contributed by atoms with Crippen molar-refractivity contribution in [2.24, 2.45) is 13.0 Å². The molecule has 29 heavy (non-hydrogen) atoms. The maximum atomic E-state index is 10.8. The fourth-order valence-corrected chi connectivity index (χ4v) is 4.58. The van der Waals surface area contributed by atoms with Gasteiger partial charge in [-0.25, -0.2) is 15.0 Å². The van der Waals surface area contributed by atoms with Crippen molar-refractivity contribution in [1.29, 1.82) is 0 Å². The Balaban J connectivity index is 1.38. The molecule has 150 valence electrons. The minimum absolute atomic E-state index is 0.220. The lowest BCUT2D eigenvalue weighted by molar-refractivity contribution is 0.0824. The molecule has 0 spiro atoms. The Morgan fingerprint density at radius 2 is 1.93 bits per heavy atom. The molecule has 1 fully saturated rings. The molecule has 7 heteroatoms. The molecule has 1 N–H and O–H groups in total. The fraction of sp³-hybridized carbons (Fsp3) is 0.455. The van der Waals surface area contributed by atoms with Crippen LogP contribution in [0.5, 0.6) is 0 Å². The highest BCUT2D eigenvalue weighted by Gasteiger charge is 2.31. The zero-order valence-electron chi connectivity index (χ0n) is 16.7. The van der Waals surface area contributed by atoms with Gasteiger partial charge in [0.15, 0.2) is 5.82 Å². The molecule has 1 aliphatic carbocycles. The smallest absolute Gasteiger partial charge is 0.180 e. The quantitative estimate of drug-likeness (QED) is 0.738. The molecule has 3 aromatic heterocycles. The zero-order valence-corrected chi connectivity index (χ0v) is 16.7. The monoisotopic (exact) mass is 390 g/mol. The third-order valence-electron chi connectivity index (χ3n) is 6.21. The maximum absolute atomic E-state index is 10.8. The molecule has 3 aromatic rings. The van der Waals surface area contributed by atoms with Crippen LogP contribution in [-0.4, -0.2) is 42.7 Å². The van der Waals surface area contributed by atoms with Crippen molar-refractivity contribution in [3.63, 3.8) is 0 Å². The molecule has 2 aliphatic rings. The van der Waals surface area contributed by atoms with Crippen molar-refractivity contribution >= 4 is 5.82 Å². The summed E-state index contributed by atoms with van der Waals surface area (Å²) in [5, 5.41) is 10.8. The Morgan fingerprint density at radius 1 is 1.07 bits per heavy atom. The lowest BCUT2D eigenvalue weighted by Gasteiger charge is -2.35. The Hall–Kier alpha value is -2.80. The molecule has 0 aromatic carbocycles. The van der Waals surface area contributed by atoms with Crippen LogP contribution in [0.1, 0.15) is 42.4 Å². The minimum Gasteiger partial charge on any atom is -0.385 e. The van der Waals surface area contributed by atoms with Crippen LogP contribution in [0.3, 0.4) is 0 Å². The van der Waals surface area contributed by atoms with E-state index in [2.05, 4.69) is 14.9 Å². The molecular weight excluding hydrogens is 364 g/mol. The maximum Gasteiger partial charge on any atom is 0.180 e. The summed E-state index contributed by atoms with van der Waals surface area (Å²) in [6, 6.07) is 5.86. The average Bonchev–Trinajstić information content (AvgIpc) is 3.42. The topological polar surface area (TPSA) is 80.0 Å². The number of hydrogen-bond donors (Lipinski definition) is 1. The Kier molecular flexibility index (Phi) is 4.75.